The highest BCUT2D eigenvalue weighted by atomic mass is 16.5. The number of fused-ring (bicyclic) bond motifs is 1. The predicted molar refractivity (Wildman–Crippen MR) is 106 cm³/mol. The zero-order chi connectivity index (χ0) is 20.5. The normalized spacial score (nSPS) is 26.1. The van der Waals surface area contributed by atoms with Gasteiger partial charge in [-0.3, -0.25) is 4.79 Å². The second kappa shape index (κ2) is 7.91. The van der Waals surface area contributed by atoms with E-state index in [1.165, 1.54) is 7.11 Å². The number of hydrogen-bond donors (Lipinski definition) is 1. The summed E-state index contributed by atoms with van der Waals surface area (Å²) in [6, 6.07) is 10.6. The molecule has 1 aliphatic carbocycles. The largest absolute Gasteiger partial charge is 0.487 e. The number of hydrogen-bond acceptors (Lipinski definition) is 5. The molecule has 4 rings (SSSR count). The minimum absolute atomic E-state index is 0.0231. The fraction of sp³-hybridized carbons (Fsp3) is 0.455. The predicted octanol–water partition coefficient (Wildman–Crippen LogP) is 2.10. The lowest BCUT2D eigenvalue weighted by Crippen LogP contribution is -2.42. The van der Waals surface area contributed by atoms with E-state index in [2.05, 4.69) is 0 Å². The number of aliphatic hydroxyl groups excluding tert-OH is 1. The van der Waals surface area contributed by atoms with Crippen molar-refractivity contribution in [3.8, 4) is 5.75 Å². The van der Waals surface area contributed by atoms with E-state index in [0.29, 0.717) is 42.9 Å². The van der Waals surface area contributed by atoms with Crippen molar-refractivity contribution in [1.29, 1.82) is 0 Å². The molecule has 1 aromatic heterocycles. The molecule has 1 saturated heterocycles. The maximum atomic E-state index is 12.8. The molecule has 29 heavy (non-hydrogen) atoms. The Kier molecular flexibility index (Phi) is 5.32. The average molecular weight is 398 g/mol. The van der Waals surface area contributed by atoms with Gasteiger partial charge in [-0.2, -0.15) is 0 Å². The van der Waals surface area contributed by atoms with Crippen LogP contribution in [0.2, 0.25) is 0 Å². The van der Waals surface area contributed by atoms with Gasteiger partial charge in [-0.25, -0.2) is 4.79 Å². The standard InChI is InChI=1S/C22H26N2O5/c1-23-9-5-7-17(23)21(26)24-12-14-10-18(25)20(11-15(14)13-24)29-19-8-4-3-6-16(19)22(27)28-2/h3-9,14-15,18,20,25H,10-13H2,1-2H3/t14-,15+,18+,20+/m0/s1. The van der Waals surface area contributed by atoms with Crippen LogP contribution in [0.1, 0.15) is 33.7 Å². The highest BCUT2D eigenvalue weighted by Gasteiger charge is 2.44. The fourth-order valence-corrected chi connectivity index (χ4v) is 4.54. The summed E-state index contributed by atoms with van der Waals surface area (Å²) in [5.74, 6) is 0.485. The molecule has 2 aromatic rings. The van der Waals surface area contributed by atoms with Gasteiger partial charge in [0.25, 0.3) is 5.91 Å². The molecule has 0 bridgehead atoms. The Morgan fingerprint density at radius 3 is 2.48 bits per heavy atom. The van der Waals surface area contributed by atoms with Crippen molar-refractivity contribution in [3.05, 3.63) is 53.9 Å². The van der Waals surface area contributed by atoms with Gasteiger partial charge in [-0.15, -0.1) is 0 Å². The third-order valence-electron chi connectivity index (χ3n) is 6.11. The van der Waals surface area contributed by atoms with Gasteiger partial charge >= 0.3 is 5.97 Å². The molecule has 1 amide bonds. The highest BCUT2D eigenvalue weighted by Crippen LogP contribution is 2.39. The van der Waals surface area contributed by atoms with E-state index in [9.17, 15) is 14.7 Å². The van der Waals surface area contributed by atoms with Crippen molar-refractivity contribution < 1.29 is 24.2 Å². The number of rotatable bonds is 4. The van der Waals surface area contributed by atoms with E-state index < -0.39 is 18.2 Å². The van der Waals surface area contributed by atoms with Crippen LogP contribution < -0.4 is 4.74 Å². The number of benzene rings is 1. The van der Waals surface area contributed by atoms with E-state index >= 15 is 0 Å². The van der Waals surface area contributed by atoms with Crippen LogP contribution in [-0.4, -0.2) is 58.9 Å². The molecule has 0 radical (unpaired) electrons. The molecule has 4 atom stereocenters. The van der Waals surface area contributed by atoms with Crippen molar-refractivity contribution >= 4 is 11.9 Å². The third kappa shape index (κ3) is 3.74. The Balaban J connectivity index is 1.46. The summed E-state index contributed by atoms with van der Waals surface area (Å²) < 4.78 is 12.7. The zero-order valence-corrected chi connectivity index (χ0v) is 16.7. The summed E-state index contributed by atoms with van der Waals surface area (Å²) in [7, 11) is 3.19. The number of carbonyl (C=O) groups excluding carboxylic acids is 2. The first-order valence-electron chi connectivity index (χ1n) is 9.90. The van der Waals surface area contributed by atoms with Crippen molar-refractivity contribution in [1.82, 2.24) is 9.47 Å². The molecule has 1 N–H and O–H groups in total. The average Bonchev–Trinajstić information content (AvgIpc) is 3.33. The van der Waals surface area contributed by atoms with Gasteiger partial charge in [0.2, 0.25) is 0 Å². The molecule has 1 aromatic carbocycles. The molecule has 2 fully saturated rings. The number of esters is 1. The number of aryl methyl sites for hydroxylation is 1. The quantitative estimate of drug-likeness (QED) is 0.798. The number of carbonyl (C=O) groups is 2. The minimum Gasteiger partial charge on any atom is -0.487 e. The molecule has 7 heteroatoms. The summed E-state index contributed by atoms with van der Waals surface area (Å²) >= 11 is 0. The van der Waals surface area contributed by atoms with E-state index in [4.69, 9.17) is 9.47 Å². The second-order valence-electron chi connectivity index (χ2n) is 7.92. The van der Waals surface area contributed by atoms with E-state index in [1.54, 1.807) is 24.3 Å². The molecule has 0 spiro atoms. The van der Waals surface area contributed by atoms with Crippen LogP contribution in [-0.2, 0) is 11.8 Å². The Labute approximate surface area is 169 Å². The summed E-state index contributed by atoms with van der Waals surface area (Å²) in [6.07, 6.45) is 2.01. The number of aliphatic hydroxyl groups is 1. The maximum Gasteiger partial charge on any atom is 0.341 e. The summed E-state index contributed by atoms with van der Waals surface area (Å²) in [4.78, 5) is 26.7. The van der Waals surface area contributed by atoms with Crippen molar-refractivity contribution in [3.63, 3.8) is 0 Å². The van der Waals surface area contributed by atoms with Gasteiger partial charge < -0.3 is 24.0 Å². The molecule has 154 valence electrons. The molecular formula is C22H26N2O5. The van der Waals surface area contributed by atoms with Crippen molar-refractivity contribution in [2.45, 2.75) is 25.0 Å². The number of para-hydroxylation sites is 1. The smallest absolute Gasteiger partial charge is 0.341 e. The second-order valence-corrected chi connectivity index (χ2v) is 7.92. The lowest BCUT2D eigenvalue weighted by Gasteiger charge is -2.35. The summed E-state index contributed by atoms with van der Waals surface area (Å²) in [5, 5.41) is 10.7. The molecule has 2 heterocycles. The third-order valence-corrected chi connectivity index (χ3v) is 6.11. The molecule has 1 aliphatic heterocycles. The van der Waals surface area contributed by atoms with Gasteiger partial charge in [0.15, 0.2) is 0 Å². The molecular weight excluding hydrogens is 372 g/mol. The maximum absolute atomic E-state index is 12.8. The van der Waals surface area contributed by atoms with Crippen LogP contribution in [0.5, 0.6) is 5.75 Å². The van der Waals surface area contributed by atoms with Gasteiger partial charge in [0.05, 0.1) is 13.2 Å². The number of methoxy groups -OCH3 is 1. The molecule has 7 nitrogen and oxygen atoms in total. The van der Waals surface area contributed by atoms with Crippen LogP contribution in [0.4, 0.5) is 0 Å². The van der Waals surface area contributed by atoms with E-state index in [1.807, 2.05) is 34.8 Å². The van der Waals surface area contributed by atoms with Gasteiger partial charge in [0, 0.05) is 26.3 Å². The lowest BCUT2D eigenvalue weighted by molar-refractivity contribution is -0.0237. The number of nitrogens with zero attached hydrogens (tertiary/aromatic N) is 2. The first-order valence-corrected chi connectivity index (χ1v) is 9.90. The van der Waals surface area contributed by atoms with E-state index in [-0.39, 0.29) is 17.7 Å². The van der Waals surface area contributed by atoms with Gasteiger partial charge in [-0.1, -0.05) is 12.1 Å². The number of ether oxygens (including phenoxy) is 2. The summed E-state index contributed by atoms with van der Waals surface area (Å²) in [6.45, 7) is 1.30. The Bertz CT molecular complexity index is 908. The monoisotopic (exact) mass is 398 g/mol. The minimum atomic E-state index is -0.646. The lowest BCUT2D eigenvalue weighted by atomic mass is 9.78. The van der Waals surface area contributed by atoms with E-state index in [0.717, 1.165) is 0 Å². The van der Waals surface area contributed by atoms with Crippen LogP contribution in [0.3, 0.4) is 0 Å². The number of amides is 1. The zero-order valence-electron chi connectivity index (χ0n) is 16.7. The highest BCUT2D eigenvalue weighted by molar-refractivity contribution is 5.93. The number of aromatic nitrogens is 1. The Morgan fingerprint density at radius 2 is 1.79 bits per heavy atom. The SMILES string of the molecule is COC(=O)c1ccccc1O[C@@H]1C[C@@H]2CN(C(=O)c3cccn3C)C[C@@H]2C[C@H]1O. The topological polar surface area (TPSA) is 81.0 Å². The van der Waals surface area contributed by atoms with Crippen LogP contribution in [0.15, 0.2) is 42.6 Å². The first kappa shape index (κ1) is 19.5. The first-order chi connectivity index (χ1) is 14.0. The van der Waals surface area contributed by atoms with Crippen molar-refractivity contribution in [2.24, 2.45) is 18.9 Å². The molecule has 1 saturated carbocycles. The summed E-state index contributed by atoms with van der Waals surface area (Å²) in [5.41, 5.74) is 1.01. The number of likely N-dealkylation sites (tertiary alicyclic amines) is 1. The van der Waals surface area contributed by atoms with Crippen LogP contribution in [0, 0.1) is 11.8 Å². The Morgan fingerprint density at radius 1 is 1.07 bits per heavy atom. The van der Waals surface area contributed by atoms with Gasteiger partial charge in [0.1, 0.15) is 23.1 Å². The molecule has 2 aliphatic rings. The van der Waals surface area contributed by atoms with Crippen molar-refractivity contribution in [2.75, 3.05) is 20.2 Å². The van der Waals surface area contributed by atoms with Crippen LogP contribution >= 0.6 is 0 Å². The van der Waals surface area contributed by atoms with Crippen LogP contribution in [0.25, 0.3) is 0 Å². The fourth-order valence-electron chi connectivity index (χ4n) is 4.54. The molecule has 0 unspecified atom stereocenters. The van der Waals surface area contributed by atoms with Gasteiger partial charge in [-0.05, 0) is 48.9 Å². The Hall–Kier alpha value is -2.80.